The highest BCUT2D eigenvalue weighted by Crippen LogP contribution is 2.16. The van der Waals surface area contributed by atoms with E-state index in [9.17, 15) is 13.7 Å². The van der Waals surface area contributed by atoms with Crippen LogP contribution in [0.3, 0.4) is 0 Å². The molecule has 1 fully saturated rings. The monoisotopic (exact) mass is 287 g/mol. The third-order valence-corrected chi connectivity index (χ3v) is 5.74. The van der Waals surface area contributed by atoms with E-state index in [1.54, 1.807) is 0 Å². The normalized spacial score (nSPS) is 23.2. The van der Waals surface area contributed by atoms with Crippen molar-refractivity contribution >= 4 is 9.84 Å². The molecule has 110 valence electrons. The van der Waals surface area contributed by atoms with Gasteiger partial charge >= 0.3 is 0 Å². The van der Waals surface area contributed by atoms with Gasteiger partial charge in [0.25, 0.3) is 0 Å². The molecule has 1 N–H and O–H groups in total. The number of sulfone groups is 1. The van der Waals surface area contributed by atoms with E-state index in [1.165, 1.54) is 0 Å². The topological polar surface area (TPSA) is 73.2 Å². The molecule has 0 radical (unpaired) electrons. The van der Waals surface area contributed by atoms with Gasteiger partial charge in [-0.15, -0.1) is 0 Å². The first-order valence-electron chi connectivity index (χ1n) is 7.00. The van der Waals surface area contributed by atoms with E-state index >= 15 is 0 Å². The average Bonchev–Trinajstić information content (AvgIpc) is 2.57. The third-order valence-electron chi connectivity index (χ3n) is 4.02. The molecule has 1 saturated heterocycles. The Bertz CT molecular complexity index is 410. The second-order valence-electron chi connectivity index (χ2n) is 5.25. The van der Waals surface area contributed by atoms with Crippen LogP contribution >= 0.6 is 0 Å². The van der Waals surface area contributed by atoms with Gasteiger partial charge in [0.2, 0.25) is 0 Å². The Morgan fingerprint density at radius 1 is 1.37 bits per heavy atom. The zero-order valence-corrected chi connectivity index (χ0v) is 12.8. The molecule has 1 aliphatic heterocycles. The number of nitrogens with one attached hydrogen (secondary N) is 1. The molecule has 1 aliphatic rings. The van der Waals surface area contributed by atoms with E-state index in [0.29, 0.717) is 12.3 Å². The fourth-order valence-corrected chi connectivity index (χ4v) is 3.80. The predicted octanol–water partition coefficient (Wildman–Crippen LogP) is 0.779. The summed E-state index contributed by atoms with van der Waals surface area (Å²) in [4.78, 5) is 2.21. The molecule has 1 atom stereocenters. The van der Waals surface area contributed by atoms with Gasteiger partial charge in [0, 0.05) is 6.54 Å². The highest BCUT2D eigenvalue weighted by molar-refractivity contribution is 7.91. The Labute approximate surface area is 116 Å². The summed E-state index contributed by atoms with van der Waals surface area (Å²) in [6, 6.07) is 2.35. The van der Waals surface area contributed by atoms with E-state index in [1.807, 2.05) is 14.0 Å². The van der Waals surface area contributed by atoms with Crippen molar-refractivity contribution in [3.63, 3.8) is 0 Å². The molecule has 0 bridgehead atoms. The van der Waals surface area contributed by atoms with Crippen LogP contribution in [0, 0.1) is 11.3 Å². The van der Waals surface area contributed by atoms with Crippen molar-refractivity contribution in [2.75, 3.05) is 38.2 Å². The van der Waals surface area contributed by atoms with E-state index in [0.717, 1.165) is 38.8 Å². The Morgan fingerprint density at radius 2 is 2.11 bits per heavy atom. The van der Waals surface area contributed by atoms with Gasteiger partial charge in [-0.3, -0.25) is 0 Å². The smallest absolute Gasteiger partial charge is 0.151 e. The van der Waals surface area contributed by atoms with Crippen molar-refractivity contribution in [1.82, 2.24) is 10.2 Å². The summed E-state index contributed by atoms with van der Waals surface area (Å²) in [5, 5.41) is 12.3. The summed E-state index contributed by atoms with van der Waals surface area (Å²) in [5.41, 5.74) is -0.433. The van der Waals surface area contributed by atoms with Crippen molar-refractivity contribution in [2.45, 2.75) is 38.1 Å². The predicted molar refractivity (Wildman–Crippen MR) is 76.6 cm³/mol. The number of rotatable bonds is 6. The largest absolute Gasteiger partial charge is 0.302 e. The van der Waals surface area contributed by atoms with Crippen LogP contribution in [0.15, 0.2) is 0 Å². The maximum atomic E-state index is 11.5. The number of nitriles is 1. The number of hydrogen-bond donors (Lipinski definition) is 1. The molecule has 0 aromatic heterocycles. The SMILES string of the molecule is CCC(C#N)(CCCN1CCCS(=O)(=O)CC1)NC. The third kappa shape index (κ3) is 5.09. The van der Waals surface area contributed by atoms with Crippen LogP contribution in [0.1, 0.15) is 32.6 Å². The van der Waals surface area contributed by atoms with Gasteiger partial charge in [0.05, 0.1) is 17.6 Å². The average molecular weight is 287 g/mol. The van der Waals surface area contributed by atoms with Crippen molar-refractivity contribution in [2.24, 2.45) is 0 Å². The van der Waals surface area contributed by atoms with Gasteiger partial charge in [0.1, 0.15) is 5.54 Å². The van der Waals surface area contributed by atoms with E-state index in [-0.39, 0.29) is 5.75 Å². The van der Waals surface area contributed by atoms with E-state index < -0.39 is 15.4 Å². The zero-order chi connectivity index (χ0) is 14.4. The summed E-state index contributed by atoms with van der Waals surface area (Å²) in [6.45, 7) is 4.37. The summed E-state index contributed by atoms with van der Waals surface area (Å²) in [5.74, 6) is 0.591. The lowest BCUT2D eigenvalue weighted by atomic mass is 9.92. The Kier molecular flexibility index (Phi) is 6.24. The molecule has 1 unspecified atom stereocenters. The molecule has 0 saturated carbocycles. The zero-order valence-electron chi connectivity index (χ0n) is 12.0. The van der Waals surface area contributed by atoms with Gasteiger partial charge in [-0.05, 0) is 45.8 Å². The van der Waals surface area contributed by atoms with Gasteiger partial charge in [-0.2, -0.15) is 5.26 Å². The number of nitrogens with zero attached hydrogens (tertiary/aromatic N) is 2. The Morgan fingerprint density at radius 3 is 2.68 bits per heavy atom. The summed E-state index contributed by atoms with van der Waals surface area (Å²) < 4.78 is 23.0. The molecule has 1 rings (SSSR count). The molecule has 0 aromatic rings. The van der Waals surface area contributed by atoms with E-state index in [4.69, 9.17) is 0 Å². The first-order chi connectivity index (χ1) is 8.97. The van der Waals surface area contributed by atoms with Crippen LogP contribution in [-0.4, -0.2) is 57.0 Å². The first kappa shape index (κ1) is 16.4. The second kappa shape index (κ2) is 7.22. The Balaban J connectivity index is 2.39. The van der Waals surface area contributed by atoms with Crippen molar-refractivity contribution < 1.29 is 8.42 Å². The minimum atomic E-state index is -2.83. The van der Waals surface area contributed by atoms with Gasteiger partial charge < -0.3 is 10.2 Å². The van der Waals surface area contributed by atoms with Crippen molar-refractivity contribution in [3.05, 3.63) is 0 Å². The van der Waals surface area contributed by atoms with Crippen LogP contribution < -0.4 is 5.32 Å². The lowest BCUT2D eigenvalue weighted by molar-refractivity contribution is 0.272. The fraction of sp³-hybridized carbons (Fsp3) is 0.923. The summed E-state index contributed by atoms with van der Waals surface area (Å²) in [7, 11) is -1.00. The minimum Gasteiger partial charge on any atom is -0.302 e. The van der Waals surface area contributed by atoms with Crippen LogP contribution in [0.2, 0.25) is 0 Å². The molecule has 5 nitrogen and oxygen atoms in total. The lowest BCUT2D eigenvalue weighted by Gasteiger charge is -2.26. The van der Waals surface area contributed by atoms with Gasteiger partial charge in [-0.25, -0.2) is 8.42 Å². The maximum absolute atomic E-state index is 11.5. The molecule has 1 heterocycles. The van der Waals surface area contributed by atoms with Crippen molar-refractivity contribution in [1.29, 1.82) is 5.26 Å². The molecular formula is C13H25N3O2S. The van der Waals surface area contributed by atoms with Crippen LogP contribution in [-0.2, 0) is 9.84 Å². The molecule has 0 spiro atoms. The first-order valence-corrected chi connectivity index (χ1v) is 8.82. The molecule has 19 heavy (non-hydrogen) atoms. The standard InChI is InChI=1S/C13H25N3O2S/c1-3-13(12-14,15-2)6-4-7-16-8-5-10-19(17,18)11-9-16/h15H,3-11H2,1-2H3. The fourth-order valence-electron chi connectivity index (χ4n) is 2.49. The van der Waals surface area contributed by atoms with Crippen LogP contribution in [0.25, 0.3) is 0 Å². The van der Waals surface area contributed by atoms with Gasteiger partial charge in [0.15, 0.2) is 9.84 Å². The maximum Gasteiger partial charge on any atom is 0.151 e. The summed E-state index contributed by atoms with van der Waals surface area (Å²) >= 11 is 0. The molecule has 0 aliphatic carbocycles. The molecule has 0 amide bonds. The van der Waals surface area contributed by atoms with Crippen molar-refractivity contribution in [3.8, 4) is 6.07 Å². The van der Waals surface area contributed by atoms with Gasteiger partial charge in [-0.1, -0.05) is 6.92 Å². The molecule has 0 aromatic carbocycles. The minimum absolute atomic E-state index is 0.274. The summed E-state index contributed by atoms with van der Waals surface area (Å²) in [6.07, 6.45) is 3.24. The second-order valence-corrected chi connectivity index (χ2v) is 7.55. The molecular weight excluding hydrogens is 262 g/mol. The molecule has 6 heteroatoms. The Hall–Kier alpha value is -0.640. The highest BCUT2D eigenvalue weighted by atomic mass is 32.2. The number of hydrogen-bond acceptors (Lipinski definition) is 5. The quantitative estimate of drug-likeness (QED) is 0.781. The van der Waals surface area contributed by atoms with Crippen LogP contribution in [0.4, 0.5) is 0 Å². The lowest BCUT2D eigenvalue weighted by Crippen LogP contribution is -2.41. The van der Waals surface area contributed by atoms with Crippen LogP contribution in [0.5, 0.6) is 0 Å². The van der Waals surface area contributed by atoms with E-state index in [2.05, 4.69) is 16.3 Å². The highest BCUT2D eigenvalue weighted by Gasteiger charge is 2.25.